The van der Waals surface area contributed by atoms with Crippen LogP contribution in [0.1, 0.15) is 6.92 Å². The Labute approximate surface area is 111 Å². The Kier molecular flexibility index (Phi) is 5.05. The van der Waals surface area contributed by atoms with Gasteiger partial charge in [0.25, 0.3) is 5.69 Å². The third-order valence-corrected chi connectivity index (χ3v) is 2.30. The first-order chi connectivity index (χ1) is 8.90. The molecule has 1 unspecified atom stereocenters. The molecule has 0 aliphatic carbocycles. The van der Waals surface area contributed by atoms with Crippen LogP contribution in [0.3, 0.4) is 0 Å². The van der Waals surface area contributed by atoms with E-state index in [2.05, 4.69) is 0 Å². The van der Waals surface area contributed by atoms with E-state index in [0.717, 1.165) is 0 Å². The van der Waals surface area contributed by atoms with E-state index >= 15 is 0 Å². The molecule has 0 amide bonds. The van der Waals surface area contributed by atoms with Gasteiger partial charge in [-0.15, -0.1) is 0 Å². The Bertz CT molecular complexity index is 480. The molecule has 1 rings (SSSR count). The molecule has 6 heteroatoms. The van der Waals surface area contributed by atoms with E-state index < -0.39 is 11.0 Å². The quantitative estimate of drug-likeness (QED) is 0.446. The van der Waals surface area contributed by atoms with Gasteiger partial charge in [0.1, 0.15) is 5.75 Å². The Balaban J connectivity index is 2.63. The lowest BCUT2D eigenvalue weighted by molar-refractivity contribution is -0.384. The highest BCUT2D eigenvalue weighted by Gasteiger charge is 2.12. The van der Waals surface area contributed by atoms with Crippen LogP contribution in [0.5, 0.6) is 5.75 Å². The maximum atomic E-state index is 11.7. The smallest absolute Gasteiger partial charge is 0.269 e. The lowest BCUT2D eigenvalue weighted by Gasteiger charge is -2.12. The minimum absolute atomic E-state index is 0.0150. The third kappa shape index (κ3) is 4.79. The van der Waals surface area contributed by atoms with Crippen molar-refractivity contribution in [1.82, 2.24) is 4.90 Å². The van der Waals surface area contributed by atoms with Gasteiger partial charge in [-0.25, -0.2) is 0 Å². The molecule has 0 aromatic heterocycles. The molecule has 0 heterocycles. The summed E-state index contributed by atoms with van der Waals surface area (Å²) in [5.74, 6) is 0.247. The lowest BCUT2D eigenvalue weighted by Crippen LogP contribution is -2.22. The van der Waals surface area contributed by atoms with Crippen molar-refractivity contribution in [3.8, 4) is 5.75 Å². The van der Waals surface area contributed by atoms with Crippen LogP contribution in [0.2, 0.25) is 0 Å². The minimum Gasteiger partial charge on any atom is -0.483 e. The van der Waals surface area contributed by atoms with E-state index in [-0.39, 0.29) is 11.5 Å². The normalized spacial score (nSPS) is 12.2. The van der Waals surface area contributed by atoms with Crippen LogP contribution >= 0.6 is 0 Å². The number of ether oxygens (including phenoxy) is 1. The van der Waals surface area contributed by atoms with Crippen molar-refractivity contribution in [2.75, 3.05) is 14.1 Å². The second-order valence-electron chi connectivity index (χ2n) is 4.19. The van der Waals surface area contributed by atoms with Gasteiger partial charge in [-0.3, -0.25) is 14.9 Å². The fourth-order valence-electron chi connectivity index (χ4n) is 1.27. The van der Waals surface area contributed by atoms with Gasteiger partial charge in [0.05, 0.1) is 4.92 Å². The molecule has 0 aliphatic rings. The fourth-order valence-corrected chi connectivity index (χ4v) is 1.27. The molecule has 102 valence electrons. The number of nitro benzene ring substituents is 1. The number of ketones is 1. The molecule has 19 heavy (non-hydrogen) atoms. The number of nitro groups is 1. The predicted molar refractivity (Wildman–Crippen MR) is 71.0 cm³/mol. The average Bonchev–Trinajstić information content (AvgIpc) is 2.36. The number of hydrogen-bond acceptors (Lipinski definition) is 5. The highest BCUT2D eigenvalue weighted by molar-refractivity contribution is 5.93. The SMILES string of the molecule is CC(Oc1ccc([N+](=O)[O-])cc1)C(=O)C=CN(C)C. The molecule has 0 radical (unpaired) electrons. The first-order valence-electron chi connectivity index (χ1n) is 5.69. The van der Waals surface area contributed by atoms with E-state index in [1.165, 1.54) is 30.3 Å². The minimum atomic E-state index is -0.641. The summed E-state index contributed by atoms with van der Waals surface area (Å²) in [5.41, 5.74) is -0.0150. The Morgan fingerprint density at radius 2 is 1.95 bits per heavy atom. The van der Waals surface area contributed by atoms with Crippen molar-refractivity contribution in [2.45, 2.75) is 13.0 Å². The summed E-state index contributed by atoms with van der Waals surface area (Å²) >= 11 is 0. The third-order valence-electron chi connectivity index (χ3n) is 2.30. The molecule has 0 saturated carbocycles. The summed E-state index contributed by atoms with van der Waals surface area (Å²) in [5, 5.41) is 10.5. The molecular weight excluding hydrogens is 248 g/mol. The van der Waals surface area contributed by atoms with Gasteiger partial charge in [-0.05, 0) is 19.1 Å². The topological polar surface area (TPSA) is 72.7 Å². The fraction of sp³-hybridized carbons (Fsp3) is 0.308. The van der Waals surface area contributed by atoms with E-state index in [1.54, 1.807) is 18.0 Å². The molecule has 0 N–H and O–H groups in total. The molecule has 0 saturated heterocycles. The van der Waals surface area contributed by atoms with Crippen molar-refractivity contribution in [1.29, 1.82) is 0 Å². The van der Waals surface area contributed by atoms with Gasteiger partial charge in [0.15, 0.2) is 11.9 Å². The summed E-state index contributed by atoms with van der Waals surface area (Å²) in [6, 6.07) is 5.61. The zero-order valence-electron chi connectivity index (χ0n) is 11.1. The second kappa shape index (κ2) is 6.53. The van der Waals surface area contributed by atoms with E-state index in [1.807, 2.05) is 14.1 Å². The molecule has 0 fully saturated rings. The Morgan fingerprint density at radius 1 is 1.37 bits per heavy atom. The van der Waals surface area contributed by atoms with E-state index in [4.69, 9.17) is 4.74 Å². The van der Waals surface area contributed by atoms with Crippen LogP contribution < -0.4 is 4.74 Å². The van der Waals surface area contributed by atoms with Crippen LogP contribution in [-0.2, 0) is 4.79 Å². The first-order valence-corrected chi connectivity index (χ1v) is 5.69. The number of nitrogens with zero attached hydrogens (tertiary/aromatic N) is 2. The highest BCUT2D eigenvalue weighted by Crippen LogP contribution is 2.18. The molecule has 6 nitrogen and oxygen atoms in total. The molecule has 0 aliphatic heterocycles. The first kappa shape index (κ1) is 14.7. The monoisotopic (exact) mass is 264 g/mol. The van der Waals surface area contributed by atoms with Crippen molar-refractivity contribution < 1.29 is 14.5 Å². The summed E-state index contributed by atoms with van der Waals surface area (Å²) in [4.78, 5) is 23.4. The standard InChI is InChI=1S/C13H16N2O4/c1-10(13(16)8-9-14(2)3)19-12-6-4-11(5-7-12)15(17)18/h4-10H,1-3H3. The maximum absolute atomic E-state index is 11.7. The van der Waals surface area contributed by atoms with Crippen LogP contribution in [0.15, 0.2) is 36.5 Å². The number of non-ortho nitro benzene ring substituents is 1. The van der Waals surface area contributed by atoms with Crippen molar-refractivity contribution in [2.24, 2.45) is 0 Å². The second-order valence-corrected chi connectivity index (χ2v) is 4.19. The van der Waals surface area contributed by atoms with Gasteiger partial charge in [0.2, 0.25) is 0 Å². The predicted octanol–water partition coefficient (Wildman–Crippen LogP) is 2.01. The summed E-state index contributed by atoms with van der Waals surface area (Å²) in [6.45, 7) is 1.63. The van der Waals surface area contributed by atoms with Crippen LogP contribution in [0.4, 0.5) is 5.69 Å². The number of hydrogen-bond donors (Lipinski definition) is 0. The number of carbonyl (C=O) groups excluding carboxylic acids is 1. The van der Waals surface area contributed by atoms with Crippen molar-refractivity contribution >= 4 is 11.5 Å². The van der Waals surface area contributed by atoms with Crippen molar-refractivity contribution in [3.63, 3.8) is 0 Å². The van der Waals surface area contributed by atoms with Crippen LogP contribution in [0.25, 0.3) is 0 Å². The molecule has 0 bridgehead atoms. The molecular formula is C13H16N2O4. The molecule has 1 atom stereocenters. The molecule has 1 aromatic carbocycles. The largest absolute Gasteiger partial charge is 0.483 e. The maximum Gasteiger partial charge on any atom is 0.269 e. The number of rotatable bonds is 6. The molecule has 1 aromatic rings. The van der Waals surface area contributed by atoms with E-state index in [9.17, 15) is 14.9 Å². The zero-order valence-corrected chi connectivity index (χ0v) is 11.1. The van der Waals surface area contributed by atoms with E-state index in [0.29, 0.717) is 5.75 Å². The number of benzene rings is 1. The summed E-state index contributed by atoms with van der Waals surface area (Å²) in [7, 11) is 3.62. The Morgan fingerprint density at radius 3 is 2.42 bits per heavy atom. The summed E-state index contributed by atoms with van der Waals surface area (Å²) in [6.07, 6.45) is 2.42. The van der Waals surface area contributed by atoms with Gasteiger partial charge in [0, 0.05) is 38.5 Å². The zero-order chi connectivity index (χ0) is 14.4. The highest BCUT2D eigenvalue weighted by atomic mass is 16.6. The number of carbonyl (C=O) groups is 1. The lowest BCUT2D eigenvalue weighted by atomic mass is 10.2. The van der Waals surface area contributed by atoms with Gasteiger partial charge >= 0.3 is 0 Å². The Hall–Kier alpha value is -2.37. The van der Waals surface area contributed by atoms with Crippen LogP contribution in [0, 0.1) is 10.1 Å². The van der Waals surface area contributed by atoms with Crippen molar-refractivity contribution in [3.05, 3.63) is 46.7 Å². The van der Waals surface area contributed by atoms with Gasteiger partial charge in [-0.1, -0.05) is 0 Å². The average molecular weight is 264 g/mol. The molecule has 0 spiro atoms. The summed E-state index contributed by atoms with van der Waals surface area (Å²) < 4.78 is 5.40. The van der Waals surface area contributed by atoms with Crippen LogP contribution in [-0.4, -0.2) is 35.8 Å². The van der Waals surface area contributed by atoms with Gasteiger partial charge in [-0.2, -0.15) is 0 Å². The van der Waals surface area contributed by atoms with Gasteiger partial charge < -0.3 is 9.64 Å².